The van der Waals surface area contributed by atoms with Crippen molar-refractivity contribution in [1.82, 2.24) is 15.0 Å². The van der Waals surface area contributed by atoms with Gasteiger partial charge in [0.25, 0.3) is 0 Å². The highest BCUT2D eigenvalue weighted by Crippen LogP contribution is 2.16. The van der Waals surface area contributed by atoms with Gasteiger partial charge >= 0.3 is 0 Å². The minimum atomic E-state index is 0.159. The monoisotopic (exact) mass is 203 g/mol. The third-order valence-corrected chi connectivity index (χ3v) is 1.71. The van der Waals surface area contributed by atoms with Crippen molar-refractivity contribution in [2.24, 2.45) is 0 Å². The summed E-state index contributed by atoms with van der Waals surface area (Å²) >= 11 is 0. The van der Waals surface area contributed by atoms with Crippen LogP contribution in [0.1, 0.15) is 0 Å². The Morgan fingerprint density at radius 2 is 1.87 bits per heavy atom. The lowest BCUT2D eigenvalue weighted by Crippen LogP contribution is -2.01. The van der Waals surface area contributed by atoms with E-state index < -0.39 is 0 Å². The highest BCUT2D eigenvalue weighted by Gasteiger charge is 1.98. The first kappa shape index (κ1) is 9.20. The molecule has 2 aromatic rings. The summed E-state index contributed by atoms with van der Waals surface area (Å²) in [5.41, 5.74) is 6.16. The summed E-state index contributed by atoms with van der Waals surface area (Å²) in [5.74, 6) is 0.732. The number of hydrogen-bond donors (Lipinski definition) is 3. The second-order valence-electron chi connectivity index (χ2n) is 2.84. The maximum atomic E-state index is 9.08. The van der Waals surface area contributed by atoms with Gasteiger partial charge in [-0.2, -0.15) is 4.98 Å². The Morgan fingerprint density at radius 3 is 2.53 bits per heavy atom. The first-order chi connectivity index (χ1) is 7.24. The molecular weight excluding hydrogens is 194 g/mol. The smallest absolute Gasteiger partial charge is 0.231 e. The van der Waals surface area contributed by atoms with E-state index in [1.54, 1.807) is 24.3 Å². The van der Waals surface area contributed by atoms with Gasteiger partial charge in [-0.1, -0.05) is 0 Å². The number of aromatic hydroxyl groups is 1. The Bertz CT molecular complexity index is 456. The molecule has 0 saturated carbocycles. The van der Waals surface area contributed by atoms with Crippen LogP contribution in [-0.2, 0) is 0 Å². The number of nitrogens with two attached hydrogens (primary N) is 1. The molecule has 0 atom stereocenters. The van der Waals surface area contributed by atoms with Gasteiger partial charge in [-0.3, -0.25) is 0 Å². The van der Waals surface area contributed by atoms with Crippen molar-refractivity contribution in [3.63, 3.8) is 0 Å². The zero-order valence-corrected chi connectivity index (χ0v) is 7.75. The second-order valence-corrected chi connectivity index (χ2v) is 2.84. The van der Waals surface area contributed by atoms with Gasteiger partial charge in [-0.05, 0) is 24.3 Å². The number of aromatic nitrogens is 3. The van der Waals surface area contributed by atoms with Crippen LogP contribution in [0, 0.1) is 0 Å². The van der Waals surface area contributed by atoms with Gasteiger partial charge in [0.2, 0.25) is 11.9 Å². The molecule has 4 N–H and O–H groups in total. The number of rotatable bonds is 2. The van der Waals surface area contributed by atoms with E-state index in [9.17, 15) is 0 Å². The van der Waals surface area contributed by atoms with E-state index in [0.29, 0.717) is 5.95 Å². The molecule has 6 nitrogen and oxygen atoms in total. The van der Waals surface area contributed by atoms with E-state index >= 15 is 0 Å². The molecular formula is C9H9N5O. The lowest BCUT2D eigenvalue weighted by atomic mass is 10.3. The van der Waals surface area contributed by atoms with Crippen LogP contribution in [0.3, 0.4) is 0 Å². The first-order valence-electron chi connectivity index (χ1n) is 4.24. The summed E-state index contributed by atoms with van der Waals surface area (Å²) in [6.07, 6.45) is 1.32. The van der Waals surface area contributed by atoms with E-state index in [2.05, 4.69) is 20.3 Å². The normalized spacial score (nSPS) is 9.87. The molecule has 0 aliphatic heterocycles. The van der Waals surface area contributed by atoms with E-state index in [-0.39, 0.29) is 11.7 Å². The molecule has 76 valence electrons. The number of nitrogens with zero attached hydrogens (tertiary/aromatic N) is 3. The summed E-state index contributed by atoms with van der Waals surface area (Å²) in [7, 11) is 0. The van der Waals surface area contributed by atoms with Gasteiger partial charge in [0.05, 0.1) is 0 Å². The molecule has 15 heavy (non-hydrogen) atoms. The van der Waals surface area contributed by atoms with Crippen molar-refractivity contribution >= 4 is 17.6 Å². The second kappa shape index (κ2) is 3.79. The van der Waals surface area contributed by atoms with Crippen LogP contribution >= 0.6 is 0 Å². The molecule has 0 unspecified atom stereocenters. The number of nitrogen functional groups attached to an aromatic ring is 1. The van der Waals surface area contributed by atoms with Crippen LogP contribution in [0.4, 0.5) is 17.6 Å². The molecule has 0 amide bonds. The quantitative estimate of drug-likeness (QED) is 0.627. The molecule has 0 fully saturated rings. The molecule has 0 spiro atoms. The SMILES string of the molecule is Nc1ncnc(Nc2ccc(O)cc2)n1. The van der Waals surface area contributed by atoms with Gasteiger partial charge in [0.15, 0.2) is 0 Å². The van der Waals surface area contributed by atoms with Crippen molar-refractivity contribution < 1.29 is 5.11 Å². The highest BCUT2D eigenvalue weighted by atomic mass is 16.3. The molecule has 0 radical (unpaired) electrons. The number of benzene rings is 1. The predicted molar refractivity (Wildman–Crippen MR) is 55.6 cm³/mol. The lowest BCUT2D eigenvalue weighted by Gasteiger charge is -2.03. The van der Waals surface area contributed by atoms with Crippen LogP contribution in [0.5, 0.6) is 5.75 Å². The van der Waals surface area contributed by atoms with E-state index in [0.717, 1.165) is 5.69 Å². The summed E-state index contributed by atoms with van der Waals surface area (Å²) in [6.45, 7) is 0. The van der Waals surface area contributed by atoms with Crippen LogP contribution in [0.25, 0.3) is 0 Å². The lowest BCUT2D eigenvalue weighted by molar-refractivity contribution is 0.475. The molecule has 6 heteroatoms. The fraction of sp³-hybridized carbons (Fsp3) is 0. The topological polar surface area (TPSA) is 97.0 Å². The third kappa shape index (κ3) is 2.31. The summed E-state index contributed by atoms with van der Waals surface area (Å²) in [5, 5.41) is 12.0. The first-order valence-corrected chi connectivity index (χ1v) is 4.24. The zero-order chi connectivity index (χ0) is 10.7. The molecule has 1 aromatic heterocycles. The number of phenolic OH excluding ortho intramolecular Hbond substituents is 1. The summed E-state index contributed by atoms with van der Waals surface area (Å²) < 4.78 is 0. The molecule has 1 aromatic carbocycles. The maximum Gasteiger partial charge on any atom is 0.231 e. The third-order valence-electron chi connectivity index (χ3n) is 1.71. The average Bonchev–Trinajstić information content (AvgIpc) is 2.22. The molecule has 2 rings (SSSR count). The van der Waals surface area contributed by atoms with Crippen molar-refractivity contribution in [3.05, 3.63) is 30.6 Å². The maximum absolute atomic E-state index is 9.08. The Hall–Kier alpha value is -2.37. The fourth-order valence-corrected chi connectivity index (χ4v) is 1.04. The zero-order valence-electron chi connectivity index (χ0n) is 7.75. The van der Waals surface area contributed by atoms with Gasteiger partial charge in [-0.15, -0.1) is 0 Å². The van der Waals surface area contributed by atoms with Crippen LogP contribution < -0.4 is 11.1 Å². The van der Waals surface area contributed by atoms with E-state index in [4.69, 9.17) is 10.8 Å². The Balaban J connectivity index is 2.18. The van der Waals surface area contributed by atoms with Crippen LogP contribution in [0.2, 0.25) is 0 Å². The van der Waals surface area contributed by atoms with Gasteiger partial charge in [-0.25, -0.2) is 9.97 Å². The Labute approximate surface area is 85.8 Å². The van der Waals surface area contributed by atoms with E-state index in [1.807, 2.05) is 0 Å². The molecule has 0 aliphatic rings. The molecule has 0 aliphatic carbocycles. The minimum absolute atomic E-state index is 0.159. The Kier molecular flexibility index (Phi) is 2.32. The molecule has 1 heterocycles. The highest BCUT2D eigenvalue weighted by molar-refractivity contribution is 5.54. The fourth-order valence-electron chi connectivity index (χ4n) is 1.04. The molecule has 0 bridgehead atoms. The number of hydrogen-bond acceptors (Lipinski definition) is 6. The van der Waals surface area contributed by atoms with Crippen molar-refractivity contribution in [2.75, 3.05) is 11.1 Å². The standard InChI is InChI=1S/C9H9N5O/c10-8-11-5-12-9(14-8)13-6-1-3-7(15)4-2-6/h1-5,15H,(H3,10,11,12,13,14). The van der Waals surface area contributed by atoms with Gasteiger partial charge in [0.1, 0.15) is 12.1 Å². The number of anilines is 3. The largest absolute Gasteiger partial charge is 0.508 e. The van der Waals surface area contributed by atoms with Crippen molar-refractivity contribution in [2.45, 2.75) is 0 Å². The summed E-state index contributed by atoms with van der Waals surface area (Å²) in [4.78, 5) is 11.4. The van der Waals surface area contributed by atoms with E-state index in [1.165, 1.54) is 6.33 Å². The Morgan fingerprint density at radius 1 is 1.13 bits per heavy atom. The van der Waals surface area contributed by atoms with Crippen molar-refractivity contribution in [3.8, 4) is 5.75 Å². The van der Waals surface area contributed by atoms with Gasteiger partial charge in [0, 0.05) is 5.69 Å². The average molecular weight is 203 g/mol. The predicted octanol–water partition coefficient (Wildman–Crippen LogP) is 0.903. The summed E-state index contributed by atoms with van der Waals surface area (Å²) in [6, 6.07) is 6.53. The van der Waals surface area contributed by atoms with Crippen LogP contribution in [0.15, 0.2) is 30.6 Å². The molecule has 0 saturated heterocycles. The van der Waals surface area contributed by atoms with Gasteiger partial charge < -0.3 is 16.2 Å². The number of phenols is 1. The number of nitrogens with one attached hydrogen (secondary N) is 1. The van der Waals surface area contributed by atoms with Crippen LogP contribution in [-0.4, -0.2) is 20.1 Å². The minimum Gasteiger partial charge on any atom is -0.508 e. The van der Waals surface area contributed by atoms with Crippen molar-refractivity contribution in [1.29, 1.82) is 0 Å².